The lowest BCUT2D eigenvalue weighted by Gasteiger charge is -2.36. The molecular weight excluding hydrogens is 226 g/mol. The maximum absolute atomic E-state index is 11.8. The molecule has 0 aromatic carbocycles. The Kier molecular flexibility index (Phi) is 2.74. The van der Waals surface area contributed by atoms with Gasteiger partial charge in [0.25, 0.3) is 0 Å². The van der Waals surface area contributed by atoms with Crippen molar-refractivity contribution in [3.63, 3.8) is 0 Å². The Morgan fingerprint density at radius 2 is 2.06 bits per heavy atom. The Balaban J connectivity index is 2.38. The molecule has 3 atom stereocenters. The van der Waals surface area contributed by atoms with Gasteiger partial charge < -0.3 is 0 Å². The molecule has 0 radical (unpaired) electrons. The first-order valence-corrected chi connectivity index (χ1v) is 7.36. The summed E-state index contributed by atoms with van der Waals surface area (Å²) in [6, 6.07) is 0. The van der Waals surface area contributed by atoms with E-state index >= 15 is 0 Å². The molecule has 1 unspecified atom stereocenters. The van der Waals surface area contributed by atoms with Crippen LogP contribution in [0.25, 0.3) is 0 Å². The van der Waals surface area contributed by atoms with E-state index in [-0.39, 0.29) is 23.3 Å². The van der Waals surface area contributed by atoms with Gasteiger partial charge in [-0.2, -0.15) is 0 Å². The third-order valence-corrected chi connectivity index (χ3v) is 5.18. The molecule has 1 fully saturated rings. The fraction of sp³-hybridized carbons (Fsp3) is 0.636. The summed E-state index contributed by atoms with van der Waals surface area (Å²) in [5, 5.41) is 7.01. The molecule has 0 aliphatic heterocycles. The van der Waals surface area contributed by atoms with Crippen LogP contribution in [-0.2, 0) is 14.6 Å². The highest BCUT2D eigenvalue weighted by atomic mass is 32.2. The van der Waals surface area contributed by atoms with E-state index in [9.17, 15) is 13.2 Å². The average molecular weight is 241 g/mol. The van der Waals surface area contributed by atoms with Crippen LogP contribution in [0.2, 0.25) is 0 Å². The molecule has 1 saturated carbocycles. The summed E-state index contributed by atoms with van der Waals surface area (Å²) in [4.78, 5) is 11.8. The van der Waals surface area contributed by atoms with E-state index in [1.54, 1.807) is 6.08 Å². The molecule has 0 heterocycles. The molecule has 4 nitrogen and oxygen atoms in total. The van der Waals surface area contributed by atoms with Gasteiger partial charge in [0.1, 0.15) is 0 Å². The van der Waals surface area contributed by atoms with Crippen LogP contribution in [0.3, 0.4) is 0 Å². The van der Waals surface area contributed by atoms with Gasteiger partial charge in [0.15, 0.2) is 15.6 Å². The first-order chi connectivity index (χ1) is 7.41. The predicted molar refractivity (Wildman–Crippen MR) is 61.3 cm³/mol. The maximum Gasteiger partial charge on any atom is 0.184 e. The molecule has 2 aliphatic rings. The van der Waals surface area contributed by atoms with Crippen LogP contribution in [0.15, 0.2) is 12.2 Å². The van der Waals surface area contributed by atoms with Crippen LogP contribution in [-0.4, -0.2) is 31.4 Å². The van der Waals surface area contributed by atoms with E-state index in [2.05, 4.69) is 0 Å². The summed E-state index contributed by atoms with van der Waals surface area (Å²) in [5.41, 5.74) is 0.00963. The average Bonchev–Trinajstić information content (AvgIpc) is 2.21. The first kappa shape index (κ1) is 11.5. The van der Waals surface area contributed by atoms with Gasteiger partial charge in [-0.25, -0.2) is 8.42 Å². The Hall–Kier alpha value is -0.970. The zero-order valence-corrected chi connectivity index (χ0v) is 9.96. The zero-order valence-electron chi connectivity index (χ0n) is 9.14. The van der Waals surface area contributed by atoms with Gasteiger partial charge in [-0.15, -0.1) is 0 Å². The minimum atomic E-state index is -3.11. The molecule has 0 aromatic heterocycles. The van der Waals surface area contributed by atoms with Crippen molar-refractivity contribution in [3.05, 3.63) is 12.2 Å². The lowest BCUT2D eigenvalue weighted by molar-refractivity contribution is -0.118. The van der Waals surface area contributed by atoms with Crippen molar-refractivity contribution in [1.82, 2.24) is 0 Å². The molecule has 5 heteroatoms. The second-order valence-electron chi connectivity index (χ2n) is 4.62. The van der Waals surface area contributed by atoms with E-state index in [4.69, 9.17) is 5.41 Å². The molecule has 0 saturated heterocycles. The van der Waals surface area contributed by atoms with E-state index in [1.807, 2.05) is 0 Å². The number of allylic oxidation sites excluding steroid dienone is 2. The largest absolute Gasteiger partial charge is 0.297 e. The fourth-order valence-corrected chi connectivity index (χ4v) is 4.18. The number of Topliss-reactive ketones (excluding diaryl/α,β-unsaturated/α-hetero) is 1. The normalized spacial score (nSPS) is 34.9. The number of ketones is 1. The Morgan fingerprint density at radius 3 is 2.69 bits per heavy atom. The van der Waals surface area contributed by atoms with Crippen LogP contribution < -0.4 is 0 Å². The van der Waals surface area contributed by atoms with Crippen LogP contribution in [0.4, 0.5) is 0 Å². The van der Waals surface area contributed by atoms with Gasteiger partial charge in [-0.3, -0.25) is 10.2 Å². The van der Waals surface area contributed by atoms with Gasteiger partial charge in [-0.1, -0.05) is 12.5 Å². The Morgan fingerprint density at radius 1 is 1.38 bits per heavy atom. The highest BCUT2D eigenvalue weighted by molar-refractivity contribution is 7.91. The van der Waals surface area contributed by atoms with Crippen molar-refractivity contribution in [2.75, 3.05) is 6.26 Å². The van der Waals surface area contributed by atoms with Crippen molar-refractivity contribution >= 4 is 21.3 Å². The molecule has 2 aliphatic carbocycles. The third kappa shape index (κ3) is 1.84. The maximum atomic E-state index is 11.8. The topological polar surface area (TPSA) is 75.1 Å². The number of hydrogen-bond acceptors (Lipinski definition) is 4. The second-order valence-corrected chi connectivity index (χ2v) is 6.88. The SMILES string of the molecule is CS(=O)(=O)[C@@H]1CCC[C@@H]2C(=O)C(=N)C=CC21. The number of carbonyl (C=O) groups excluding carboxylic acids is 1. The van der Waals surface area contributed by atoms with Crippen molar-refractivity contribution < 1.29 is 13.2 Å². The highest BCUT2D eigenvalue weighted by Gasteiger charge is 2.42. The highest BCUT2D eigenvalue weighted by Crippen LogP contribution is 2.37. The van der Waals surface area contributed by atoms with Crippen molar-refractivity contribution in [2.24, 2.45) is 11.8 Å². The van der Waals surface area contributed by atoms with E-state index < -0.39 is 15.1 Å². The van der Waals surface area contributed by atoms with Crippen molar-refractivity contribution in [2.45, 2.75) is 24.5 Å². The van der Waals surface area contributed by atoms with Gasteiger partial charge in [-0.05, 0) is 18.9 Å². The minimum absolute atomic E-state index is 0.00963. The van der Waals surface area contributed by atoms with Crippen LogP contribution in [0.1, 0.15) is 19.3 Å². The molecular formula is C11H15NO3S. The van der Waals surface area contributed by atoms with E-state index in [0.29, 0.717) is 12.8 Å². The zero-order chi connectivity index (χ0) is 11.9. The summed E-state index contributed by atoms with van der Waals surface area (Å²) in [6.45, 7) is 0. The summed E-state index contributed by atoms with van der Waals surface area (Å²) in [7, 11) is -3.11. The number of rotatable bonds is 1. The van der Waals surface area contributed by atoms with Gasteiger partial charge in [0, 0.05) is 18.1 Å². The molecule has 0 aromatic rings. The monoisotopic (exact) mass is 241 g/mol. The van der Waals surface area contributed by atoms with Gasteiger partial charge in [0.2, 0.25) is 0 Å². The van der Waals surface area contributed by atoms with Gasteiger partial charge >= 0.3 is 0 Å². The standard InChI is InChI=1S/C11H15NO3S/c1-16(14,15)10-4-2-3-8-7(10)5-6-9(12)11(8)13/h5-8,10,12H,2-4H2,1H3/t7?,8-,10+/m0/s1. The lowest BCUT2D eigenvalue weighted by atomic mass is 9.72. The number of carbonyl (C=O) groups is 1. The molecule has 88 valence electrons. The molecule has 1 N–H and O–H groups in total. The van der Waals surface area contributed by atoms with Crippen LogP contribution in [0.5, 0.6) is 0 Å². The minimum Gasteiger partial charge on any atom is -0.297 e. The molecule has 0 spiro atoms. The Bertz CT molecular complexity index is 464. The predicted octanol–water partition coefficient (Wildman–Crippen LogP) is 0.975. The van der Waals surface area contributed by atoms with Crippen LogP contribution in [0, 0.1) is 17.2 Å². The van der Waals surface area contributed by atoms with E-state index in [0.717, 1.165) is 6.42 Å². The summed E-state index contributed by atoms with van der Waals surface area (Å²) < 4.78 is 23.3. The van der Waals surface area contributed by atoms with Crippen LogP contribution >= 0.6 is 0 Å². The molecule has 0 amide bonds. The second kappa shape index (κ2) is 3.80. The molecule has 0 bridgehead atoms. The smallest absolute Gasteiger partial charge is 0.184 e. The fourth-order valence-electron chi connectivity index (χ4n) is 2.74. The molecule has 16 heavy (non-hydrogen) atoms. The lowest BCUT2D eigenvalue weighted by Crippen LogP contribution is -2.43. The number of sulfone groups is 1. The van der Waals surface area contributed by atoms with Gasteiger partial charge in [0.05, 0.1) is 11.0 Å². The summed E-state index contributed by atoms with van der Waals surface area (Å²) in [6.07, 6.45) is 6.52. The first-order valence-electron chi connectivity index (χ1n) is 5.41. The number of fused-ring (bicyclic) bond motifs is 1. The number of nitrogens with one attached hydrogen (secondary N) is 1. The summed E-state index contributed by atoms with van der Waals surface area (Å²) in [5.74, 6) is -0.697. The summed E-state index contributed by atoms with van der Waals surface area (Å²) >= 11 is 0. The Labute approximate surface area is 95.2 Å². The number of hydrogen-bond donors (Lipinski definition) is 1. The molecule has 2 rings (SSSR count). The third-order valence-electron chi connectivity index (χ3n) is 3.53. The van der Waals surface area contributed by atoms with E-state index in [1.165, 1.54) is 12.3 Å². The van der Waals surface area contributed by atoms with Crippen molar-refractivity contribution in [3.8, 4) is 0 Å². The van der Waals surface area contributed by atoms with Crippen molar-refractivity contribution in [1.29, 1.82) is 5.41 Å². The quantitative estimate of drug-likeness (QED) is 0.743.